The molecule has 1 aromatic carbocycles. The molecule has 0 atom stereocenters. The van der Waals surface area contributed by atoms with Gasteiger partial charge in [-0.1, -0.05) is 5.16 Å². The number of nitrogens with zero attached hydrogens (tertiary/aromatic N) is 1. The summed E-state index contributed by atoms with van der Waals surface area (Å²) in [5, 5.41) is 13.4. The van der Waals surface area contributed by atoms with Gasteiger partial charge in [-0.05, 0) is 18.6 Å². The van der Waals surface area contributed by atoms with E-state index in [-0.39, 0.29) is 23.1 Å². The van der Waals surface area contributed by atoms with Crippen molar-refractivity contribution in [2.45, 2.75) is 6.92 Å². The number of aryl methyl sites for hydroxylation is 1. The number of hydrogen-bond acceptors (Lipinski definition) is 5. The van der Waals surface area contributed by atoms with Crippen LogP contribution >= 0.6 is 0 Å². The molecule has 0 fully saturated rings. The number of anilines is 1. The number of hydrogen-bond donors (Lipinski definition) is 2. The summed E-state index contributed by atoms with van der Waals surface area (Å²) in [6, 6.07) is 2.69. The summed E-state index contributed by atoms with van der Waals surface area (Å²) < 4.78 is 23.2. The number of methoxy groups -OCH3 is 1. The average molecular weight is 238 g/mol. The van der Waals surface area contributed by atoms with Gasteiger partial charge in [0.1, 0.15) is 0 Å². The number of aromatic hydroxyl groups is 1. The second kappa shape index (κ2) is 3.97. The first-order chi connectivity index (χ1) is 8.04. The summed E-state index contributed by atoms with van der Waals surface area (Å²) in [6.07, 6.45) is 0. The van der Waals surface area contributed by atoms with E-state index < -0.39 is 5.82 Å². The first-order valence-electron chi connectivity index (χ1n) is 4.83. The molecule has 2 aromatic rings. The number of halogens is 1. The fourth-order valence-electron chi connectivity index (χ4n) is 1.65. The lowest BCUT2D eigenvalue weighted by Gasteiger charge is -2.10. The van der Waals surface area contributed by atoms with Crippen LogP contribution in [0.5, 0.6) is 11.5 Å². The maximum Gasteiger partial charge on any atom is 0.197 e. The van der Waals surface area contributed by atoms with Crippen molar-refractivity contribution in [3.8, 4) is 22.8 Å². The van der Waals surface area contributed by atoms with Gasteiger partial charge in [0.15, 0.2) is 28.9 Å². The van der Waals surface area contributed by atoms with Crippen molar-refractivity contribution in [3.63, 3.8) is 0 Å². The number of phenols is 1. The molecule has 0 unspecified atom stereocenters. The third-order valence-corrected chi connectivity index (χ3v) is 2.39. The van der Waals surface area contributed by atoms with Crippen LogP contribution in [-0.4, -0.2) is 17.4 Å². The summed E-state index contributed by atoms with van der Waals surface area (Å²) in [7, 11) is 1.27. The van der Waals surface area contributed by atoms with Crippen LogP contribution in [-0.2, 0) is 0 Å². The molecule has 1 aromatic heterocycles. The number of phenolic OH excluding ortho intramolecular Hbond substituents is 1. The van der Waals surface area contributed by atoms with E-state index in [4.69, 9.17) is 15.0 Å². The van der Waals surface area contributed by atoms with Crippen LogP contribution in [0.15, 0.2) is 16.7 Å². The van der Waals surface area contributed by atoms with Gasteiger partial charge in [-0.25, -0.2) is 4.39 Å². The average Bonchev–Trinajstić information content (AvgIpc) is 2.64. The normalized spacial score (nSPS) is 10.5. The first-order valence-corrected chi connectivity index (χ1v) is 4.83. The fraction of sp³-hybridized carbons (Fsp3) is 0.182. The van der Waals surface area contributed by atoms with Crippen LogP contribution in [0.25, 0.3) is 11.3 Å². The number of ether oxygens (including phenoxy) is 1. The molecule has 0 aliphatic heterocycles. The van der Waals surface area contributed by atoms with E-state index in [1.54, 1.807) is 6.92 Å². The molecule has 0 bridgehead atoms. The van der Waals surface area contributed by atoms with E-state index in [1.165, 1.54) is 19.2 Å². The number of nitrogen functional groups attached to an aromatic ring is 1. The van der Waals surface area contributed by atoms with Crippen molar-refractivity contribution in [1.82, 2.24) is 5.16 Å². The molecule has 2 rings (SSSR count). The predicted molar refractivity (Wildman–Crippen MR) is 59.3 cm³/mol. The smallest absolute Gasteiger partial charge is 0.197 e. The molecule has 90 valence electrons. The Hall–Kier alpha value is -2.24. The number of aromatic nitrogens is 1. The summed E-state index contributed by atoms with van der Waals surface area (Å²) in [4.78, 5) is 0. The number of nitrogens with two attached hydrogens (primary N) is 1. The van der Waals surface area contributed by atoms with Crippen LogP contribution < -0.4 is 10.5 Å². The van der Waals surface area contributed by atoms with E-state index in [2.05, 4.69) is 5.16 Å². The standard InChI is InChI=1S/C11H11FN2O3/c1-5-3-6(12)11(16-2)10(15)9(5)7-4-8(13)14-17-7/h3-4,15H,1-2H3,(H2,13,14). The molecule has 0 saturated carbocycles. The molecule has 0 radical (unpaired) electrons. The summed E-state index contributed by atoms with van der Waals surface area (Å²) in [6.45, 7) is 1.64. The van der Waals surface area contributed by atoms with E-state index in [1.807, 2.05) is 0 Å². The highest BCUT2D eigenvalue weighted by Crippen LogP contribution is 2.41. The van der Waals surface area contributed by atoms with Crippen LogP contribution in [0.4, 0.5) is 10.2 Å². The van der Waals surface area contributed by atoms with E-state index >= 15 is 0 Å². The lowest BCUT2D eigenvalue weighted by molar-refractivity contribution is 0.350. The Morgan fingerprint density at radius 3 is 2.71 bits per heavy atom. The largest absolute Gasteiger partial charge is 0.504 e. The van der Waals surface area contributed by atoms with Crippen molar-refractivity contribution < 1.29 is 18.8 Å². The fourth-order valence-corrected chi connectivity index (χ4v) is 1.65. The number of benzene rings is 1. The van der Waals surface area contributed by atoms with Crippen molar-refractivity contribution >= 4 is 5.82 Å². The third-order valence-electron chi connectivity index (χ3n) is 2.39. The van der Waals surface area contributed by atoms with Gasteiger partial charge in [0.25, 0.3) is 0 Å². The second-order valence-corrected chi connectivity index (χ2v) is 3.55. The molecular weight excluding hydrogens is 227 g/mol. The Balaban J connectivity index is 2.69. The molecular formula is C11H11FN2O3. The lowest BCUT2D eigenvalue weighted by Crippen LogP contribution is -1.93. The number of rotatable bonds is 2. The molecule has 0 amide bonds. The minimum absolute atomic E-state index is 0.182. The molecule has 3 N–H and O–H groups in total. The van der Waals surface area contributed by atoms with Gasteiger partial charge in [0.05, 0.1) is 12.7 Å². The third kappa shape index (κ3) is 1.77. The zero-order valence-corrected chi connectivity index (χ0v) is 9.32. The van der Waals surface area contributed by atoms with E-state index in [9.17, 15) is 9.50 Å². The minimum atomic E-state index is -0.640. The summed E-state index contributed by atoms with van der Waals surface area (Å²) >= 11 is 0. The Morgan fingerprint density at radius 1 is 1.47 bits per heavy atom. The van der Waals surface area contributed by atoms with E-state index in [0.717, 1.165) is 0 Å². The SMILES string of the molecule is COc1c(F)cc(C)c(-c2cc(N)no2)c1O. The van der Waals surface area contributed by atoms with Crippen LogP contribution in [0.2, 0.25) is 0 Å². The van der Waals surface area contributed by atoms with Crippen LogP contribution in [0.3, 0.4) is 0 Å². The van der Waals surface area contributed by atoms with Gasteiger partial charge in [-0.15, -0.1) is 0 Å². The maximum atomic E-state index is 13.5. The molecule has 5 nitrogen and oxygen atoms in total. The van der Waals surface area contributed by atoms with E-state index in [0.29, 0.717) is 11.1 Å². The molecule has 17 heavy (non-hydrogen) atoms. The molecule has 6 heteroatoms. The Kier molecular flexibility index (Phi) is 2.63. The van der Waals surface area contributed by atoms with Crippen molar-refractivity contribution in [1.29, 1.82) is 0 Å². The lowest BCUT2D eigenvalue weighted by atomic mass is 10.0. The van der Waals surface area contributed by atoms with Crippen LogP contribution in [0.1, 0.15) is 5.56 Å². The highest BCUT2D eigenvalue weighted by molar-refractivity contribution is 5.74. The Morgan fingerprint density at radius 2 is 2.18 bits per heavy atom. The van der Waals surface area contributed by atoms with Crippen LogP contribution in [0, 0.1) is 12.7 Å². The molecule has 0 aliphatic carbocycles. The zero-order chi connectivity index (χ0) is 12.6. The van der Waals surface area contributed by atoms with Gasteiger partial charge in [0, 0.05) is 6.07 Å². The zero-order valence-electron chi connectivity index (χ0n) is 9.32. The highest BCUT2D eigenvalue weighted by atomic mass is 19.1. The van der Waals surface area contributed by atoms with Gasteiger partial charge < -0.3 is 20.1 Å². The Bertz CT molecular complexity index is 566. The minimum Gasteiger partial charge on any atom is -0.504 e. The topological polar surface area (TPSA) is 81.5 Å². The van der Waals surface area contributed by atoms with Gasteiger partial charge >= 0.3 is 0 Å². The molecule has 0 saturated heterocycles. The molecule has 0 aliphatic rings. The quantitative estimate of drug-likeness (QED) is 0.837. The van der Waals surface area contributed by atoms with Gasteiger partial charge in [0.2, 0.25) is 0 Å². The van der Waals surface area contributed by atoms with Crippen molar-refractivity contribution in [3.05, 3.63) is 23.5 Å². The highest BCUT2D eigenvalue weighted by Gasteiger charge is 2.20. The molecule has 1 heterocycles. The summed E-state index contributed by atoms with van der Waals surface area (Å²) in [5.41, 5.74) is 6.23. The predicted octanol–water partition coefficient (Wildman–Crippen LogP) is 2.09. The Labute approximate surface area is 96.6 Å². The van der Waals surface area contributed by atoms with Crippen molar-refractivity contribution in [2.24, 2.45) is 0 Å². The second-order valence-electron chi connectivity index (χ2n) is 3.55. The first kappa shape index (κ1) is 11.3. The van der Waals surface area contributed by atoms with Gasteiger partial charge in [-0.3, -0.25) is 0 Å². The summed E-state index contributed by atoms with van der Waals surface area (Å²) in [5.74, 6) is -0.765. The molecule has 0 spiro atoms. The van der Waals surface area contributed by atoms with Gasteiger partial charge in [-0.2, -0.15) is 0 Å². The maximum absolute atomic E-state index is 13.5. The monoisotopic (exact) mass is 238 g/mol. The van der Waals surface area contributed by atoms with Crippen molar-refractivity contribution in [2.75, 3.05) is 12.8 Å².